The third kappa shape index (κ3) is 2.66. The van der Waals surface area contributed by atoms with Crippen LogP contribution in [0.4, 0.5) is 21.5 Å². The van der Waals surface area contributed by atoms with Crippen molar-refractivity contribution in [2.45, 2.75) is 6.92 Å². The molecule has 0 bridgehead atoms. The molecule has 0 saturated carbocycles. The van der Waals surface area contributed by atoms with Crippen LogP contribution in [0.1, 0.15) is 12.5 Å². The van der Waals surface area contributed by atoms with Gasteiger partial charge < -0.3 is 10.6 Å². The molecule has 0 spiro atoms. The van der Waals surface area contributed by atoms with E-state index in [9.17, 15) is 9.65 Å². The average Bonchev–Trinajstić information content (AvgIpc) is 2.43. The van der Waals surface area contributed by atoms with E-state index in [4.69, 9.17) is 5.73 Å². The van der Waals surface area contributed by atoms with E-state index >= 15 is 0 Å². The number of nitrogen functional groups attached to an aromatic ring is 1. The molecule has 19 heavy (non-hydrogen) atoms. The minimum atomic E-state index is -0.280. The summed E-state index contributed by atoms with van der Waals surface area (Å²) < 4.78 is 13.0. The van der Waals surface area contributed by atoms with E-state index in [1.165, 1.54) is 12.1 Å². The van der Waals surface area contributed by atoms with Crippen LogP contribution in [0, 0.1) is 17.1 Å². The highest BCUT2D eigenvalue weighted by Crippen LogP contribution is 2.29. The average molecular weight is 255 g/mol. The molecule has 0 amide bonds. The van der Waals surface area contributed by atoms with Crippen LogP contribution in [0.15, 0.2) is 42.5 Å². The van der Waals surface area contributed by atoms with Gasteiger partial charge in [-0.2, -0.15) is 5.26 Å². The van der Waals surface area contributed by atoms with E-state index in [1.807, 2.05) is 11.8 Å². The van der Waals surface area contributed by atoms with E-state index < -0.39 is 0 Å². The number of nitrogens with zero attached hydrogens (tertiary/aromatic N) is 2. The summed E-state index contributed by atoms with van der Waals surface area (Å²) >= 11 is 0. The van der Waals surface area contributed by atoms with Crippen LogP contribution in [0.3, 0.4) is 0 Å². The summed E-state index contributed by atoms with van der Waals surface area (Å²) in [5.74, 6) is -0.280. The van der Waals surface area contributed by atoms with Gasteiger partial charge in [-0.05, 0) is 49.4 Å². The van der Waals surface area contributed by atoms with Crippen molar-refractivity contribution in [3.8, 4) is 6.07 Å². The Balaban J connectivity index is 2.48. The van der Waals surface area contributed by atoms with Crippen molar-refractivity contribution in [3.05, 3.63) is 53.8 Å². The molecular formula is C15H14FN3. The Hall–Kier alpha value is -2.54. The minimum absolute atomic E-state index is 0.280. The molecule has 0 aliphatic rings. The van der Waals surface area contributed by atoms with Gasteiger partial charge in [-0.15, -0.1) is 0 Å². The zero-order valence-corrected chi connectivity index (χ0v) is 10.6. The highest BCUT2D eigenvalue weighted by Gasteiger charge is 2.12. The smallest absolute Gasteiger partial charge is 0.123 e. The van der Waals surface area contributed by atoms with Gasteiger partial charge in [-0.1, -0.05) is 0 Å². The Kier molecular flexibility index (Phi) is 3.67. The van der Waals surface area contributed by atoms with Crippen LogP contribution in [0.25, 0.3) is 0 Å². The summed E-state index contributed by atoms with van der Waals surface area (Å²) in [6.07, 6.45) is 0. The van der Waals surface area contributed by atoms with Gasteiger partial charge >= 0.3 is 0 Å². The van der Waals surface area contributed by atoms with Gasteiger partial charge in [-0.3, -0.25) is 0 Å². The Bertz CT molecular complexity index is 614. The van der Waals surface area contributed by atoms with Crippen LogP contribution in [0.5, 0.6) is 0 Å². The number of halogens is 1. The molecule has 0 fully saturated rings. The topological polar surface area (TPSA) is 53.0 Å². The van der Waals surface area contributed by atoms with Gasteiger partial charge in [0.2, 0.25) is 0 Å². The maximum Gasteiger partial charge on any atom is 0.123 e. The Morgan fingerprint density at radius 1 is 1.21 bits per heavy atom. The zero-order valence-electron chi connectivity index (χ0n) is 10.6. The van der Waals surface area contributed by atoms with E-state index in [1.54, 1.807) is 30.3 Å². The van der Waals surface area contributed by atoms with Crippen molar-refractivity contribution in [3.63, 3.8) is 0 Å². The molecule has 2 rings (SSSR count). The molecule has 0 atom stereocenters. The number of nitriles is 1. The van der Waals surface area contributed by atoms with Crippen molar-refractivity contribution in [2.24, 2.45) is 0 Å². The maximum atomic E-state index is 13.0. The van der Waals surface area contributed by atoms with Crippen LogP contribution in [-0.2, 0) is 0 Å². The molecule has 2 aromatic carbocycles. The third-order valence-corrected chi connectivity index (χ3v) is 2.89. The van der Waals surface area contributed by atoms with Crippen LogP contribution < -0.4 is 10.6 Å². The summed E-state index contributed by atoms with van der Waals surface area (Å²) in [6.45, 7) is 2.64. The molecule has 96 valence electrons. The van der Waals surface area contributed by atoms with Crippen LogP contribution >= 0.6 is 0 Å². The second-order valence-corrected chi connectivity index (χ2v) is 4.11. The summed E-state index contributed by atoms with van der Waals surface area (Å²) in [4.78, 5) is 1.94. The number of anilines is 3. The summed E-state index contributed by atoms with van der Waals surface area (Å²) in [5.41, 5.74) is 8.35. The Morgan fingerprint density at radius 3 is 2.47 bits per heavy atom. The maximum absolute atomic E-state index is 13.0. The monoisotopic (exact) mass is 255 g/mol. The van der Waals surface area contributed by atoms with Gasteiger partial charge in [-0.25, -0.2) is 4.39 Å². The fourth-order valence-corrected chi connectivity index (χ4v) is 1.99. The van der Waals surface area contributed by atoms with Crippen molar-refractivity contribution >= 4 is 17.1 Å². The molecule has 0 saturated heterocycles. The lowest BCUT2D eigenvalue weighted by Gasteiger charge is -2.24. The van der Waals surface area contributed by atoms with Crippen LogP contribution in [-0.4, -0.2) is 6.54 Å². The van der Waals surface area contributed by atoms with E-state index in [0.29, 0.717) is 17.8 Å². The van der Waals surface area contributed by atoms with E-state index in [-0.39, 0.29) is 5.82 Å². The quantitative estimate of drug-likeness (QED) is 0.855. The first-order valence-corrected chi connectivity index (χ1v) is 5.98. The molecule has 0 radical (unpaired) electrons. The fourth-order valence-electron chi connectivity index (χ4n) is 1.99. The number of benzene rings is 2. The number of nitrogens with two attached hydrogens (primary N) is 1. The van der Waals surface area contributed by atoms with Gasteiger partial charge in [0.1, 0.15) is 11.9 Å². The molecule has 0 heterocycles. The first kappa shape index (κ1) is 12.9. The third-order valence-electron chi connectivity index (χ3n) is 2.89. The lowest BCUT2D eigenvalue weighted by atomic mass is 10.1. The lowest BCUT2D eigenvalue weighted by molar-refractivity contribution is 0.628. The molecule has 2 N–H and O–H groups in total. The van der Waals surface area contributed by atoms with Crippen molar-refractivity contribution < 1.29 is 4.39 Å². The first-order chi connectivity index (χ1) is 9.15. The predicted octanol–water partition coefficient (Wildman–Crippen LogP) is 3.44. The predicted molar refractivity (Wildman–Crippen MR) is 74.6 cm³/mol. The number of hydrogen-bond donors (Lipinski definition) is 1. The summed E-state index contributed by atoms with van der Waals surface area (Å²) in [6, 6.07) is 13.5. The zero-order chi connectivity index (χ0) is 13.8. The lowest BCUT2D eigenvalue weighted by Crippen LogP contribution is -2.17. The van der Waals surface area contributed by atoms with Gasteiger partial charge in [0.15, 0.2) is 0 Å². The Labute approximate surface area is 111 Å². The van der Waals surface area contributed by atoms with Crippen molar-refractivity contribution in [2.75, 3.05) is 17.2 Å². The second-order valence-electron chi connectivity index (χ2n) is 4.11. The van der Waals surface area contributed by atoms with E-state index in [2.05, 4.69) is 6.07 Å². The second kappa shape index (κ2) is 5.40. The molecular weight excluding hydrogens is 241 g/mol. The molecule has 0 aliphatic heterocycles. The highest BCUT2D eigenvalue weighted by atomic mass is 19.1. The summed E-state index contributed by atoms with van der Waals surface area (Å²) in [7, 11) is 0. The first-order valence-electron chi connectivity index (χ1n) is 5.98. The Morgan fingerprint density at radius 2 is 1.89 bits per heavy atom. The normalized spacial score (nSPS) is 9.95. The standard InChI is InChI=1S/C15H14FN3/c1-2-19(14-6-3-12(16)4-7-14)15-8-5-13(18)9-11(15)10-17/h3-9H,2,18H2,1H3. The van der Waals surface area contributed by atoms with Crippen LogP contribution in [0.2, 0.25) is 0 Å². The molecule has 0 aliphatic carbocycles. The fraction of sp³-hybridized carbons (Fsp3) is 0.133. The number of hydrogen-bond acceptors (Lipinski definition) is 3. The van der Waals surface area contributed by atoms with Crippen molar-refractivity contribution in [1.82, 2.24) is 0 Å². The van der Waals surface area contributed by atoms with E-state index in [0.717, 1.165) is 11.4 Å². The molecule has 4 heteroatoms. The van der Waals surface area contributed by atoms with Gasteiger partial charge in [0.25, 0.3) is 0 Å². The number of rotatable bonds is 3. The molecule has 0 unspecified atom stereocenters. The highest BCUT2D eigenvalue weighted by molar-refractivity contribution is 5.71. The molecule has 2 aromatic rings. The van der Waals surface area contributed by atoms with Crippen molar-refractivity contribution in [1.29, 1.82) is 5.26 Å². The molecule has 0 aromatic heterocycles. The summed E-state index contributed by atoms with van der Waals surface area (Å²) in [5, 5.41) is 9.19. The SMILES string of the molecule is CCN(c1ccc(F)cc1)c1ccc(N)cc1C#N. The minimum Gasteiger partial charge on any atom is -0.399 e. The van der Waals surface area contributed by atoms with Gasteiger partial charge in [0.05, 0.1) is 11.3 Å². The van der Waals surface area contributed by atoms with Gasteiger partial charge in [0, 0.05) is 17.9 Å². The largest absolute Gasteiger partial charge is 0.399 e. The molecule has 3 nitrogen and oxygen atoms in total.